The van der Waals surface area contributed by atoms with E-state index >= 15 is 0 Å². The largest absolute Gasteiger partial charge is 0.352 e. The number of nitrogens with one attached hydrogen (secondary N) is 3. The predicted octanol–water partition coefficient (Wildman–Crippen LogP) is 3.88. The first-order chi connectivity index (χ1) is 15.0. The molecule has 8 heteroatoms. The summed E-state index contributed by atoms with van der Waals surface area (Å²) < 4.78 is 0.954. The third-order valence-electron chi connectivity index (χ3n) is 4.24. The van der Waals surface area contributed by atoms with Crippen LogP contribution in [0.5, 0.6) is 0 Å². The second kappa shape index (κ2) is 11.0. The van der Waals surface area contributed by atoms with Crippen LogP contribution in [0.25, 0.3) is 0 Å². The number of amides is 2. The van der Waals surface area contributed by atoms with E-state index in [1.54, 1.807) is 36.7 Å². The van der Waals surface area contributed by atoms with Crippen LogP contribution in [0, 0.1) is 0 Å². The van der Waals surface area contributed by atoms with Crippen molar-refractivity contribution in [2.24, 2.45) is 4.99 Å². The summed E-state index contributed by atoms with van der Waals surface area (Å²) in [6.45, 7) is 2.25. The fraction of sp³-hybridized carbons (Fsp3) is 0.130. The Bertz CT molecular complexity index is 1050. The summed E-state index contributed by atoms with van der Waals surface area (Å²) in [5.74, 6) is -0.0607. The van der Waals surface area contributed by atoms with Gasteiger partial charge in [-0.2, -0.15) is 0 Å². The van der Waals surface area contributed by atoms with Crippen molar-refractivity contribution in [2.45, 2.75) is 20.0 Å². The van der Waals surface area contributed by atoms with E-state index in [0.29, 0.717) is 24.6 Å². The highest BCUT2D eigenvalue weighted by Gasteiger charge is 2.10. The first kappa shape index (κ1) is 22.2. The third-order valence-corrected chi connectivity index (χ3v) is 4.77. The monoisotopic (exact) mass is 479 g/mol. The number of pyridine rings is 1. The quantitative estimate of drug-likeness (QED) is 0.369. The molecule has 0 unspecified atom stereocenters. The molecule has 3 aromatic rings. The number of halogens is 1. The Kier molecular flexibility index (Phi) is 7.89. The fourth-order valence-corrected chi connectivity index (χ4v) is 2.89. The molecule has 158 valence electrons. The minimum absolute atomic E-state index is 0.102. The lowest BCUT2D eigenvalue weighted by atomic mass is 10.1. The van der Waals surface area contributed by atoms with E-state index in [1.807, 2.05) is 36.4 Å². The number of aliphatic imine (C=N–C) groups is 1. The van der Waals surface area contributed by atoms with E-state index < -0.39 is 0 Å². The number of carbonyl (C=O) groups excluding carboxylic acids is 2. The van der Waals surface area contributed by atoms with Gasteiger partial charge in [-0.25, -0.2) is 4.99 Å². The Morgan fingerprint density at radius 1 is 1.00 bits per heavy atom. The Balaban J connectivity index is 1.72. The van der Waals surface area contributed by atoms with Crippen LogP contribution in [0.4, 0.5) is 5.69 Å². The van der Waals surface area contributed by atoms with Crippen LogP contribution >= 0.6 is 15.9 Å². The highest BCUT2D eigenvalue weighted by Crippen LogP contribution is 2.14. The van der Waals surface area contributed by atoms with Crippen molar-refractivity contribution in [2.75, 3.05) is 5.32 Å². The van der Waals surface area contributed by atoms with Gasteiger partial charge in [-0.1, -0.05) is 34.1 Å². The second-order valence-corrected chi connectivity index (χ2v) is 7.63. The fourth-order valence-electron chi connectivity index (χ4n) is 2.62. The lowest BCUT2D eigenvalue weighted by Crippen LogP contribution is -2.36. The molecule has 3 rings (SSSR count). The molecule has 0 bridgehead atoms. The molecule has 0 fully saturated rings. The van der Waals surface area contributed by atoms with Crippen LogP contribution in [0.2, 0.25) is 0 Å². The summed E-state index contributed by atoms with van der Waals surface area (Å²) in [4.78, 5) is 32.4. The molecule has 0 aliphatic carbocycles. The van der Waals surface area contributed by atoms with Gasteiger partial charge in [0.15, 0.2) is 0 Å². The van der Waals surface area contributed by atoms with Crippen molar-refractivity contribution in [1.82, 2.24) is 15.6 Å². The summed E-state index contributed by atoms with van der Waals surface area (Å²) in [5.41, 5.74) is 3.11. The zero-order valence-corrected chi connectivity index (χ0v) is 18.5. The molecule has 0 aliphatic heterocycles. The van der Waals surface area contributed by atoms with E-state index in [4.69, 9.17) is 0 Å². The van der Waals surface area contributed by atoms with E-state index in [0.717, 1.165) is 21.3 Å². The maximum Gasteiger partial charge on any atom is 0.257 e. The maximum atomic E-state index is 12.8. The molecule has 0 aliphatic rings. The minimum Gasteiger partial charge on any atom is -0.352 e. The molecule has 0 radical (unpaired) electrons. The molecule has 0 saturated heterocycles. The summed E-state index contributed by atoms with van der Waals surface area (Å²) in [6, 6.07) is 18.4. The van der Waals surface area contributed by atoms with Crippen molar-refractivity contribution in [3.8, 4) is 0 Å². The molecule has 2 amide bonds. The van der Waals surface area contributed by atoms with Crippen LogP contribution in [-0.4, -0.2) is 22.8 Å². The van der Waals surface area contributed by atoms with E-state index in [2.05, 4.69) is 41.9 Å². The van der Waals surface area contributed by atoms with Crippen LogP contribution < -0.4 is 16.0 Å². The van der Waals surface area contributed by atoms with Crippen LogP contribution in [0.1, 0.15) is 28.4 Å². The molecule has 31 heavy (non-hydrogen) atoms. The second-order valence-electron chi connectivity index (χ2n) is 6.72. The molecule has 0 saturated carbocycles. The first-order valence-corrected chi connectivity index (χ1v) is 10.4. The standard InChI is InChI=1S/C23H22BrN5O2/c1-16(30)26-14-17-4-6-19(7-5-17)22(31)29-23(27-15-18-3-2-12-25-13-18)28-21-10-8-20(24)9-11-21/h2-13H,14-15H2,1H3,(H,26,30)(H2,27,28,29,31). The number of nitrogens with zero attached hydrogens (tertiary/aromatic N) is 2. The molecule has 1 heterocycles. The Morgan fingerprint density at radius 3 is 2.39 bits per heavy atom. The number of carbonyl (C=O) groups is 2. The Hall–Kier alpha value is -3.52. The average Bonchev–Trinajstić information content (AvgIpc) is 2.78. The lowest BCUT2D eigenvalue weighted by molar-refractivity contribution is -0.119. The molecule has 2 aromatic carbocycles. The van der Waals surface area contributed by atoms with Gasteiger partial charge >= 0.3 is 0 Å². The zero-order valence-electron chi connectivity index (χ0n) is 16.9. The number of aromatic nitrogens is 1. The minimum atomic E-state index is -0.291. The molecular weight excluding hydrogens is 458 g/mol. The van der Waals surface area contributed by atoms with Gasteiger partial charge in [-0.15, -0.1) is 0 Å². The van der Waals surface area contributed by atoms with Gasteiger partial charge in [-0.05, 0) is 53.6 Å². The predicted molar refractivity (Wildman–Crippen MR) is 125 cm³/mol. The topological polar surface area (TPSA) is 95.5 Å². The van der Waals surface area contributed by atoms with Crippen LogP contribution in [0.3, 0.4) is 0 Å². The average molecular weight is 480 g/mol. The smallest absolute Gasteiger partial charge is 0.257 e. The number of hydrogen-bond acceptors (Lipinski definition) is 4. The van der Waals surface area contributed by atoms with Crippen molar-refractivity contribution >= 4 is 39.4 Å². The van der Waals surface area contributed by atoms with Gasteiger partial charge in [0.25, 0.3) is 5.91 Å². The van der Waals surface area contributed by atoms with Crippen LogP contribution in [-0.2, 0) is 17.9 Å². The highest BCUT2D eigenvalue weighted by atomic mass is 79.9. The highest BCUT2D eigenvalue weighted by molar-refractivity contribution is 9.10. The number of benzene rings is 2. The van der Waals surface area contributed by atoms with Crippen molar-refractivity contribution < 1.29 is 9.59 Å². The van der Waals surface area contributed by atoms with E-state index in [1.165, 1.54) is 6.92 Å². The van der Waals surface area contributed by atoms with Gasteiger partial charge in [0.2, 0.25) is 11.9 Å². The third kappa shape index (κ3) is 7.35. The Labute approximate surface area is 189 Å². The maximum absolute atomic E-state index is 12.8. The van der Waals surface area contributed by atoms with Crippen molar-refractivity contribution in [3.63, 3.8) is 0 Å². The molecule has 0 spiro atoms. The zero-order chi connectivity index (χ0) is 22.1. The molecular formula is C23H22BrN5O2. The van der Waals surface area contributed by atoms with Crippen molar-refractivity contribution in [3.05, 3.63) is 94.2 Å². The Morgan fingerprint density at radius 2 is 1.74 bits per heavy atom. The molecule has 0 atom stereocenters. The van der Waals surface area contributed by atoms with Gasteiger partial charge in [0, 0.05) is 41.6 Å². The number of rotatable bonds is 6. The van der Waals surface area contributed by atoms with Gasteiger partial charge in [0.1, 0.15) is 0 Å². The van der Waals surface area contributed by atoms with Crippen molar-refractivity contribution in [1.29, 1.82) is 0 Å². The summed E-state index contributed by atoms with van der Waals surface area (Å²) in [6.07, 6.45) is 3.43. The van der Waals surface area contributed by atoms with Gasteiger partial charge in [0.05, 0.1) is 6.54 Å². The van der Waals surface area contributed by atoms with Gasteiger partial charge in [-0.3, -0.25) is 19.9 Å². The number of anilines is 1. The normalized spacial score (nSPS) is 11.0. The number of guanidine groups is 1. The lowest BCUT2D eigenvalue weighted by Gasteiger charge is -2.12. The van der Waals surface area contributed by atoms with E-state index in [-0.39, 0.29) is 11.8 Å². The van der Waals surface area contributed by atoms with Gasteiger partial charge < -0.3 is 10.6 Å². The molecule has 1 aromatic heterocycles. The summed E-state index contributed by atoms with van der Waals surface area (Å²) in [7, 11) is 0. The molecule has 7 nitrogen and oxygen atoms in total. The van der Waals surface area contributed by atoms with E-state index in [9.17, 15) is 9.59 Å². The first-order valence-electron chi connectivity index (χ1n) is 9.60. The van der Waals surface area contributed by atoms with Crippen LogP contribution in [0.15, 0.2) is 82.5 Å². The molecule has 3 N–H and O–H groups in total. The summed E-state index contributed by atoms with van der Waals surface area (Å²) in [5, 5.41) is 8.71. The SMILES string of the molecule is CC(=O)NCc1ccc(C(=O)NC(=NCc2cccnc2)Nc2ccc(Br)cc2)cc1. The summed E-state index contributed by atoms with van der Waals surface area (Å²) >= 11 is 3.41. The number of hydrogen-bond donors (Lipinski definition) is 3.